The van der Waals surface area contributed by atoms with Gasteiger partial charge < -0.3 is 4.74 Å². The SMILES string of the molecule is Cc1cc(C2=NC(Cc3ccc(C)c(C)c3)CON2)c(Oc2cccc(C3CC3)c2F)cn1. The van der Waals surface area contributed by atoms with Gasteiger partial charge in [0.2, 0.25) is 0 Å². The largest absolute Gasteiger partial charge is 0.452 e. The standard InChI is InChI=1S/C27H28FN3O2/c1-16-7-8-19(11-17(16)2)13-21-15-32-31-27(30-21)23-12-18(3)29-14-25(23)33-24-6-4-5-22(26(24)28)20-9-10-20/h4-8,11-12,14,20-21H,9-10,13,15H2,1-3H3,(H,30,31). The molecule has 1 unspecified atom stereocenters. The van der Waals surface area contributed by atoms with Crippen LogP contribution in [0.4, 0.5) is 4.39 Å². The Morgan fingerprint density at radius 2 is 1.91 bits per heavy atom. The highest BCUT2D eigenvalue weighted by atomic mass is 19.1. The number of pyridine rings is 1. The van der Waals surface area contributed by atoms with Crippen molar-refractivity contribution in [3.63, 3.8) is 0 Å². The van der Waals surface area contributed by atoms with E-state index >= 15 is 4.39 Å². The van der Waals surface area contributed by atoms with Gasteiger partial charge in [-0.2, -0.15) is 0 Å². The summed E-state index contributed by atoms with van der Waals surface area (Å²) in [6.45, 7) is 6.60. The Balaban J connectivity index is 1.43. The molecule has 6 heteroatoms. The van der Waals surface area contributed by atoms with Crippen molar-refractivity contribution in [3.8, 4) is 11.5 Å². The zero-order valence-corrected chi connectivity index (χ0v) is 19.2. The Hall–Kier alpha value is -3.25. The minimum absolute atomic E-state index is 0.0420. The van der Waals surface area contributed by atoms with Gasteiger partial charge in [0.05, 0.1) is 24.4 Å². The van der Waals surface area contributed by atoms with Crippen molar-refractivity contribution in [2.75, 3.05) is 6.61 Å². The molecule has 1 aromatic heterocycles. The number of ether oxygens (including phenoxy) is 1. The number of hydroxylamine groups is 1. The summed E-state index contributed by atoms with van der Waals surface area (Å²) in [6, 6.07) is 13.6. The lowest BCUT2D eigenvalue weighted by atomic mass is 10.0. The average Bonchev–Trinajstić information content (AvgIpc) is 3.64. The van der Waals surface area contributed by atoms with Crippen LogP contribution in [0.1, 0.15) is 52.3 Å². The second kappa shape index (κ2) is 8.94. The first kappa shape index (κ1) is 21.6. The van der Waals surface area contributed by atoms with Crippen LogP contribution in [0.3, 0.4) is 0 Å². The third-order valence-corrected chi connectivity index (χ3v) is 6.29. The van der Waals surface area contributed by atoms with E-state index in [0.717, 1.165) is 30.5 Å². The monoisotopic (exact) mass is 445 g/mol. The first-order chi connectivity index (χ1) is 16.0. The van der Waals surface area contributed by atoms with Crippen LogP contribution in [0.25, 0.3) is 0 Å². The van der Waals surface area contributed by atoms with Gasteiger partial charge in [0, 0.05) is 5.69 Å². The van der Waals surface area contributed by atoms with Crippen LogP contribution in [-0.2, 0) is 11.3 Å². The van der Waals surface area contributed by atoms with Crippen LogP contribution in [0.5, 0.6) is 11.5 Å². The van der Waals surface area contributed by atoms with Crippen molar-refractivity contribution in [2.45, 2.75) is 52.0 Å². The van der Waals surface area contributed by atoms with Gasteiger partial charge in [0.25, 0.3) is 0 Å². The normalized spacial score (nSPS) is 17.9. The molecule has 1 N–H and O–H groups in total. The maximum absolute atomic E-state index is 15.1. The van der Waals surface area contributed by atoms with E-state index in [1.54, 1.807) is 12.3 Å². The third-order valence-electron chi connectivity index (χ3n) is 6.29. The molecule has 5 rings (SSSR count). The molecule has 0 saturated heterocycles. The summed E-state index contributed by atoms with van der Waals surface area (Å²) in [5.74, 6) is 1.21. The highest BCUT2D eigenvalue weighted by Gasteiger charge is 2.28. The molecule has 1 atom stereocenters. The fourth-order valence-electron chi connectivity index (χ4n) is 4.13. The van der Waals surface area contributed by atoms with Crippen LogP contribution in [0.15, 0.2) is 53.7 Å². The number of hydrogen-bond donors (Lipinski definition) is 1. The predicted molar refractivity (Wildman–Crippen MR) is 126 cm³/mol. The van der Waals surface area contributed by atoms with E-state index in [1.807, 2.05) is 25.1 Å². The molecule has 3 aromatic rings. The average molecular weight is 446 g/mol. The van der Waals surface area contributed by atoms with Crippen LogP contribution in [0, 0.1) is 26.6 Å². The summed E-state index contributed by atoms with van der Waals surface area (Å²) >= 11 is 0. The van der Waals surface area contributed by atoms with Crippen LogP contribution in [-0.4, -0.2) is 23.5 Å². The van der Waals surface area contributed by atoms with E-state index in [9.17, 15) is 0 Å². The summed E-state index contributed by atoms with van der Waals surface area (Å²) in [6.07, 6.45) is 4.44. The van der Waals surface area contributed by atoms with Gasteiger partial charge in [-0.25, -0.2) is 9.87 Å². The van der Waals surface area contributed by atoms with Crippen molar-refractivity contribution < 1.29 is 14.0 Å². The van der Waals surface area contributed by atoms with E-state index in [-0.39, 0.29) is 17.6 Å². The summed E-state index contributed by atoms with van der Waals surface area (Å²) in [5.41, 5.74) is 8.92. The van der Waals surface area contributed by atoms with E-state index in [4.69, 9.17) is 14.6 Å². The number of aromatic nitrogens is 1. The Labute approximate surface area is 193 Å². The fourth-order valence-corrected chi connectivity index (χ4v) is 4.13. The zero-order chi connectivity index (χ0) is 22.9. The van der Waals surface area contributed by atoms with Crippen LogP contribution in [0.2, 0.25) is 0 Å². The maximum Gasteiger partial charge on any atom is 0.169 e. The van der Waals surface area contributed by atoms with E-state index in [0.29, 0.717) is 29.7 Å². The molecular formula is C27H28FN3O2. The van der Waals surface area contributed by atoms with Crippen molar-refractivity contribution in [1.29, 1.82) is 0 Å². The summed E-state index contributed by atoms with van der Waals surface area (Å²) in [4.78, 5) is 14.9. The highest BCUT2D eigenvalue weighted by molar-refractivity contribution is 6.01. The molecule has 0 amide bonds. The molecule has 2 heterocycles. The molecule has 0 bridgehead atoms. The maximum atomic E-state index is 15.1. The molecule has 1 aliphatic heterocycles. The number of nitrogens with one attached hydrogen (secondary N) is 1. The second-order valence-corrected chi connectivity index (χ2v) is 9.02. The number of hydrogen-bond acceptors (Lipinski definition) is 5. The quantitative estimate of drug-likeness (QED) is 0.528. The van der Waals surface area contributed by atoms with Crippen molar-refractivity contribution in [2.24, 2.45) is 4.99 Å². The summed E-state index contributed by atoms with van der Waals surface area (Å²) in [7, 11) is 0. The molecule has 170 valence electrons. The first-order valence-electron chi connectivity index (χ1n) is 11.4. The van der Waals surface area contributed by atoms with E-state index in [1.165, 1.54) is 16.7 Å². The molecule has 2 aromatic carbocycles. The molecule has 5 nitrogen and oxygen atoms in total. The second-order valence-electron chi connectivity index (χ2n) is 9.02. The molecule has 1 fully saturated rings. The molecular weight excluding hydrogens is 417 g/mol. The number of rotatable bonds is 6. The minimum atomic E-state index is -0.297. The van der Waals surface area contributed by atoms with Gasteiger partial charge >= 0.3 is 0 Å². The molecule has 1 aliphatic carbocycles. The number of halogens is 1. The first-order valence-corrected chi connectivity index (χ1v) is 11.4. The Morgan fingerprint density at radius 1 is 1.06 bits per heavy atom. The van der Waals surface area contributed by atoms with Crippen LogP contribution < -0.4 is 10.2 Å². The predicted octanol–water partition coefficient (Wildman–Crippen LogP) is 5.71. The third kappa shape index (κ3) is 4.76. The summed E-state index contributed by atoms with van der Waals surface area (Å²) in [5, 5.41) is 0. The number of aliphatic imine (C=N–C) groups is 1. The lowest BCUT2D eigenvalue weighted by molar-refractivity contribution is 0.0623. The van der Waals surface area contributed by atoms with E-state index in [2.05, 4.69) is 42.5 Å². The minimum Gasteiger partial charge on any atom is -0.452 e. The van der Waals surface area contributed by atoms with Crippen molar-refractivity contribution >= 4 is 5.84 Å². The number of aryl methyl sites for hydroxylation is 3. The van der Waals surface area contributed by atoms with Crippen molar-refractivity contribution in [3.05, 3.63) is 88.0 Å². The zero-order valence-electron chi connectivity index (χ0n) is 19.2. The highest BCUT2D eigenvalue weighted by Crippen LogP contribution is 2.43. The molecule has 1 saturated carbocycles. The molecule has 2 aliphatic rings. The van der Waals surface area contributed by atoms with Gasteiger partial charge in [-0.3, -0.25) is 14.8 Å². The number of nitrogens with zero attached hydrogens (tertiary/aromatic N) is 2. The topological polar surface area (TPSA) is 55.7 Å². The van der Waals surface area contributed by atoms with Crippen LogP contribution >= 0.6 is 0 Å². The lowest BCUT2D eigenvalue weighted by Gasteiger charge is -2.23. The van der Waals surface area contributed by atoms with Crippen molar-refractivity contribution in [1.82, 2.24) is 10.5 Å². The molecule has 0 spiro atoms. The van der Waals surface area contributed by atoms with Gasteiger partial charge in [-0.1, -0.05) is 30.3 Å². The fraction of sp³-hybridized carbons (Fsp3) is 0.333. The Kier molecular flexibility index (Phi) is 5.85. The number of benzene rings is 2. The Bertz CT molecular complexity index is 1220. The van der Waals surface area contributed by atoms with E-state index < -0.39 is 0 Å². The summed E-state index contributed by atoms with van der Waals surface area (Å²) < 4.78 is 21.1. The number of amidine groups is 1. The molecule has 33 heavy (non-hydrogen) atoms. The molecule has 0 radical (unpaired) electrons. The smallest absolute Gasteiger partial charge is 0.169 e. The van der Waals surface area contributed by atoms with Gasteiger partial charge in [-0.05, 0) is 80.3 Å². The van der Waals surface area contributed by atoms with Gasteiger partial charge in [-0.15, -0.1) is 0 Å². The lowest BCUT2D eigenvalue weighted by Crippen LogP contribution is -2.36. The van der Waals surface area contributed by atoms with Gasteiger partial charge in [0.1, 0.15) is 0 Å². The van der Waals surface area contributed by atoms with Gasteiger partial charge in [0.15, 0.2) is 23.2 Å². The Morgan fingerprint density at radius 3 is 2.70 bits per heavy atom.